The Bertz CT molecular complexity index is 944. The van der Waals surface area contributed by atoms with E-state index in [0.29, 0.717) is 11.8 Å². The van der Waals surface area contributed by atoms with Gasteiger partial charge in [0.05, 0.1) is 11.0 Å². The number of rotatable bonds is 7. The number of guanidine groups is 1. The van der Waals surface area contributed by atoms with Crippen molar-refractivity contribution < 1.29 is 0 Å². The largest absolute Gasteiger partial charge is 0.356 e. The van der Waals surface area contributed by atoms with Crippen molar-refractivity contribution in [3.8, 4) is 0 Å². The summed E-state index contributed by atoms with van der Waals surface area (Å²) in [5.41, 5.74) is 3.74. The highest BCUT2D eigenvalue weighted by Crippen LogP contribution is 2.46. The van der Waals surface area contributed by atoms with E-state index in [2.05, 4.69) is 80.6 Å². The third-order valence-electron chi connectivity index (χ3n) is 5.60. The maximum atomic E-state index is 4.64. The van der Waals surface area contributed by atoms with Crippen molar-refractivity contribution in [2.45, 2.75) is 32.2 Å². The van der Waals surface area contributed by atoms with Gasteiger partial charge in [0.25, 0.3) is 0 Å². The SMILES string of the molecule is CN=C(NCCCn1c(C)nc2ccccc21)NCC1CC1c1ccccc1. The molecule has 1 heterocycles. The van der Waals surface area contributed by atoms with Gasteiger partial charge in [-0.25, -0.2) is 4.98 Å². The van der Waals surface area contributed by atoms with E-state index in [1.54, 1.807) is 0 Å². The van der Waals surface area contributed by atoms with Crippen LogP contribution < -0.4 is 10.6 Å². The van der Waals surface area contributed by atoms with Crippen LogP contribution in [0.2, 0.25) is 0 Å². The number of benzene rings is 2. The summed E-state index contributed by atoms with van der Waals surface area (Å²) in [7, 11) is 1.84. The highest BCUT2D eigenvalue weighted by atomic mass is 15.2. The molecule has 2 unspecified atom stereocenters. The number of nitrogens with one attached hydrogen (secondary N) is 2. The van der Waals surface area contributed by atoms with Gasteiger partial charge in [-0.2, -0.15) is 0 Å². The van der Waals surface area contributed by atoms with Crippen molar-refractivity contribution in [3.63, 3.8) is 0 Å². The Morgan fingerprint density at radius 1 is 1.11 bits per heavy atom. The van der Waals surface area contributed by atoms with Gasteiger partial charge in [-0.15, -0.1) is 0 Å². The highest BCUT2D eigenvalue weighted by Gasteiger charge is 2.37. The zero-order valence-corrected chi connectivity index (χ0v) is 16.7. The molecule has 1 fully saturated rings. The number of hydrogen-bond donors (Lipinski definition) is 2. The van der Waals surface area contributed by atoms with Gasteiger partial charge in [-0.1, -0.05) is 42.5 Å². The van der Waals surface area contributed by atoms with Crippen molar-refractivity contribution in [1.29, 1.82) is 0 Å². The van der Waals surface area contributed by atoms with Gasteiger partial charge in [0.2, 0.25) is 0 Å². The van der Waals surface area contributed by atoms with Crippen LogP contribution in [0.4, 0.5) is 0 Å². The van der Waals surface area contributed by atoms with Crippen LogP contribution in [-0.4, -0.2) is 35.6 Å². The molecule has 1 aliphatic rings. The highest BCUT2D eigenvalue weighted by molar-refractivity contribution is 5.79. The summed E-state index contributed by atoms with van der Waals surface area (Å²) in [5.74, 6) is 3.38. The molecule has 0 aliphatic heterocycles. The molecule has 2 aromatic carbocycles. The molecule has 3 aromatic rings. The minimum atomic E-state index is 0.698. The van der Waals surface area contributed by atoms with Crippen LogP contribution in [0.15, 0.2) is 59.6 Å². The first-order chi connectivity index (χ1) is 13.8. The number of hydrogen-bond acceptors (Lipinski definition) is 2. The molecule has 1 aliphatic carbocycles. The molecule has 0 bridgehead atoms. The first kappa shape index (κ1) is 18.5. The molecule has 0 saturated heterocycles. The van der Waals surface area contributed by atoms with Gasteiger partial charge < -0.3 is 15.2 Å². The number of nitrogens with zero attached hydrogens (tertiary/aromatic N) is 3. The molecule has 4 rings (SSSR count). The Morgan fingerprint density at radius 3 is 2.71 bits per heavy atom. The molecule has 146 valence electrons. The van der Waals surface area contributed by atoms with Crippen LogP contribution >= 0.6 is 0 Å². The Labute approximate surface area is 166 Å². The number of imidazole rings is 1. The number of aryl methyl sites for hydroxylation is 2. The fourth-order valence-corrected chi connectivity index (χ4v) is 3.95. The van der Waals surface area contributed by atoms with E-state index >= 15 is 0 Å². The molecule has 5 nitrogen and oxygen atoms in total. The number of aliphatic imine (C=N–C) groups is 1. The number of para-hydroxylation sites is 2. The average Bonchev–Trinajstić information content (AvgIpc) is 3.44. The zero-order valence-electron chi connectivity index (χ0n) is 16.7. The molecule has 0 radical (unpaired) electrons. The summed E-state index contributed by atoms with van der Waals surface area (Å²) in [5, 5.41) is 6.93. The predicted octanol–water partition coefficient (Wildman–Crippen LogP) is 3.70. The monoisotopic (exact) mass is 375 g/mol. The van der Waals surface area contributed by atoms with E-state index < -0.39 is 0 Å². The Balaban J connectivity index is 1.20. The summed E-state index contributed by atoms with van der Waals surface area (Å²) < 4.78 is 2.29. The van der Waals surface area contributed by atoms with Crippen molar-refractivity contribution in [2.24, 2.45) is 10.9 Å². The molecule has 5 heteroatoms. The maximum Gasteiger partial charge on any atom is 0.190 e. The van der Waals surface area contributed by atoms with Gasteiger partial charge in [-0.3, -0.25) is 4.99 Å². The average molecular weight is 376 g/mol. The standard InChI is InChI=1S/C23H29N5/c1-17-27-21-11-6-7-12-22(21)28(17)14-8-13-25-23(24-2)26-16-19-15-20(19)18-9-4-3-5-10-18/h3-7,9-12,19-20H,8,13-16H2,1-2H3,(H2,24,25,26). The van der Waals surface area contributed by atoms with Crippen LogP contribution in [0.3, 0.4) is 0 Å². The van der Waals surface area contributed by atoms with E-state index in [9.17, 15) is 0 Å². The summed E-state index contributed by atoms with van der Waals surface area (Å²) in [4.78, 5) is 9.00. The van der Waals surface area contributed by atoms with Gasteiger partial charge in [0.15, 0.2) is 5.96 Å². The van der Waals surface area contributed by atoms with Crippen LogP contribution in [-0.2, 0) is 6.54 Å². The quantitative estimate of drug-likeness (QED) is 0.376. The van der Waals surface area contributed by atoms with E-state index in [4.69, 9.17) is 0 Å². The van der Waals surface area contributed by atoms with Gasteiger partial charge in [0, 0.05) is 26.7 Å². The van der Waals surface area contributed by atoms with Crippen molar-refractivity contribution in [3.05, 3.63) is 66.0 Å². The van der Waals surface area contributed by atoms with Crippen LogP contribution in [0.5, 0.6) is 0 Å². The minimum absolute atomic E-state index is 0.698. The van der Waals surface area contributed by atoms with Gasteiger partial charge in [-0.05, 0) is 49.3 Å². The second kappa shape index (κ2) is 8.46. The third-order valence-corrected chi connectivity index (χ3v) is 5.60. The molecular weight excluding hydrogens is 346 g/mol. The number of fused-ring (bicyclic) bond motifs is 1. The maximum absolute atomic E-state index is 4.64. The zero-order chi connectivity index (χ0) is 19.3. The topological polar surface area (TPSA) is 54.2 Å². The Kier molecular flexibility index (Phi) is 5.60. The fraction of sp³-hybridized carbons (Fsp3) is 0.391. The van der Waals surface area contributed by atoms with E-state index in [1.165, 1.54) is 17.5 Å². The summed E-state index contributed by atoms with van der Waals surface area (Å²) in [6.07, 6.45) is 2.29. The molecule has 0 spiro atoms. The van der Waals surface area contributed by atoms with Gasteiger partial charge >= 0.3 is 0 Å². The van der Waals surface area contributed by atoms with Crippen LogP contribution in [0, 0.1) is 12.8 Å². The summed E-state index contributed by atoms with van der Waals surface area (Å²) in [6.45, 7) is 4.89. The second-order valence-corrected chi connectivity index (χ2v) is 7.55. The fourth-order valence-electron chi connectivity index (χ4n) is 3.95. The molecule has 2 atom stereocenters. The second-order valence-electron chi connectivity index (χ2n) is 7.55. The minimum Gasteiger partial charge on any atom is -0.356 e. The predicted molar refractivity (Wildman–Crippen MR) is 116 cm³/mol. The normalized spacial score (nSPS) is 19.0. The van der Waals surface area contributed by atoms with E-state index in [-0.39, 0.29) is 0 Å². The molecule has 0 amide bonds. The Morgan fingerprint density at radius 2 is 1.89 bits per heavy atom. The lowest BCUT2D eigenvalue weighted by molar-refractivity contribution is 0.621. The van der Waals surface area contributed by atoms with Gasteiger partial charge in [0.1, 0.15) is 5.82 Å². The third kappa shape index (κ3) is 4.19. The first-order valence-corrected chi connectivity index (χ1v) is 10.2. The smallest absolute Gasteiger partial charge is 0.190 e. The van der Waals surface area contributed by atoms with Crippen molar-refractivity contribution >= 4 is 17.0 Å². The first-order valence-electron chi connectivity index (χ1n) is 10.2. The lowest BCUT2D eigenvalue weighted by Crippen LogP contribution is -2.39. The lowest BCUT2D eigenvalue weighted by atomic mass is 10.1. The molecule has 1 aromatic heterocycles. The lowest BCUT2D eigenvalue weighted by Gasteiger charge is -2.13. The molecular formula is C23H29N5. The number of aromatic nitrogens is 2. The van der Waals surface area contributed by atoms with Crippen molar-refractivity contribution in [1.82, 2.24) is 20.2 Å². The van der Waals surface area contributed by atoms with Crippen LogP contribution in [0.1, 0.15) is 30.1 Å². The van der Waals surface area contributed by atoms with Crippen molar-refractivity contribution in [2.75, 3.05) is 20.1 Å². The van der Waals surface area contributed by atoms with E-state index in [0.717, 1.165) is 43.4 Å². The molecule has 28 heavy (non-hydrogen) atoms. The molecule has 1 saturated carbocycles. The Hall–Kier alpha value is -2.82. The summed E-state index contributed by atoms with van der Waals surface area (Å²) in [6, 6.07) is 19.1. The van der Waals surface area contributed by atoms with E-state index in [1.807, 2.05) is 13.1 Å². The summed E-state index contributed by atoms with van der Waals surface area (Å²) >= 11 is 0. The molecule has 2 N–H and O–H groups in total. The van der Waals surface area contributed by atoms with Crippen LogP contribution in [0.25, 0.3) is 11.0 Å².